The summed E-state index contributed by atoms with van der Waals surface area (Å²) in [6.45, 7) is 2.04. The molecule has 104 valence electrons. The predicted molar refractivity (Wildman–Crippen MR) is 78.2 cm³/mol. The normalized spacial score (nSPS) is 11.1. The fourth-order valence-corrected chi connectivity index (χ4v) is 2.13. The van der Waals surface area contributed by atoms with Crippen LogP contribution in [0.4, 0.5) is 0 Å². The van der Waals surface area contributed by atoms with Crippen LogP contribution in [0.25, 0.3) is 16.8 Å². The maximum absolute atomic E-state index is 10.7. The number of aromatic hydroxyl groups is 1. The number of carboxylic acid groups (broad SMARTS) is 1. The molecule has 2 aromatic carbocycles. The first-order chi connectivity index (χ1) is 9.56. The Labute approximate surface area is 116 Å². The number of fused-ring (bicyclic) bond motifs is 1. The number of aliphatic carboxylic acids is 1. The maximum atomic E-state index is 10.7. The summed E-state index contributed by atoms with van der Waals surface area (Å²) >= 11 is 0. The highest BCUT2D eigenvalue weighted by Crippen LogP contribution is 2.37. The number of benzene rings is 2. The minimum Gasteiger partial charge on any atom is -0.504 e. The van der Waals surface area contributed by atoms with Gasteiger partial charge in [-0.1, -0.05) is 25.1 Å². The minimum absolute atomic E-state index is 0.0672. The van der Waals surface area contributed by atoms with Crippen LogP contribution in [0.15, 0.2) is 30.3 Å². The zero-order valence-corrected chi connectivity index (χ0v) is 11.4. The van der Waals surface area contributed by atoms with E-state index in [1.807, 2.05) is 25.1 Å². The van der Waals surface area contributed by atoms with Crippen molar-refractivity contribution < 1.29 is 19.7 Å². The Morgan fingerprint density at radius 2 is 2.05 bits per heavy atom. The van der Waals surface area contributed by atoms with Crippen LogP contribution in [0, 0.1) is 0 Å². The number of carboxylic acids is 1. The smallest absolute Gasteiger partial charge is 0.328 e. The number of rotatable bonds is 4. The van der Waals surface area contributed by atoms with Gasteiger partial charge in [0.1, 0.15) is 0 Å². The highest BCUT2D eigenvalue weighted by Gasteiger charge is 2.11. The van der Waals surface area contributed by atoms with Crippen molar-refractivity contribution in [3.05, 3.63) is 41.5 Å². The lowest BCUT2D eigenvalue weighted by Crippen LogP contribution is -1.91. The van der Waals surface area contributed by atoms with Crippen LogP contribution in [0.1, 0.15) is 18.1 Å². The van der Waals surface area contributed by atoms with Gasteiger partial charge in [-0.15, -0.1) is 0 Å². The largest absolute Gasteiger partial charge is 0.504 e. The van der Waals surface area contributed by atoms with Crippen molar-refractivity contribution >= 4 is 22.8 Å². The molecule has 0 fully saturated rings. The summed E-state index contributed by atoms with van der Waals surface area (Å²) in [6.07, 6.45) is 3.45. The second-order valence-electron chi connectivity index (χ2n) is 4.42. The molecule has 0 aromatic heterocycles. The van der Waals surface area contributed by atoms with Crippen molar-refractivity contribution in [3.8, 4) is 11.5 Å². The molecule has 2 aromatic rings. The highest BCUT2D eigenvalue weighted by molar-refractivity contribution is 5.99. The van der Waals surface area contributed by atoms with Crippen molar-refractivity contribution in [1.82, 2.24) is 0 Å². The molecule has 4 heteroatoms. The Hall–Kier alpha value is -2.49. The summed E-state index contributed by atoms with van der Waals surface area (Å²) < 4.78 is 5.13. The van der Waals surface area contributed by atoms with Crippen LogP contribution in [-0.4, -0.2) is 23.3 Å². The van der Waals surface area contributed by atoms with Crippen molar-refractivity contribution in [1.29, 1.82) is 0 Å². The van der Waals surface area contributed by atoms with Crippen molar-refractivity contribution in [2.45, 2.75) is 13.3 Å². The summed E-state index contributed by atoms with van der Waals surface area (Å²) in [5.74, 6) is -0.624. The number of ether oxygens (including phenoxy) is 1. The second-order valence-corrected chi connectivity index (χ2v) is 4.42. The molecule has 0 radical (unpaired) electrons. The second kappa shape index (κ2) is 5.65. The molecule has 20 heavy (non-hydrogen) atoms. The van der Waals surface area contributed by atoms with E-state index >= 15 is 0 Å². The Bertz CT molecular complexity index is 686. The quantitative estimate of drug-likeness (QED) is 0.839. The number of hydrogen-bond donors (Lipinski definition) is 2. The zero-order valence-electron chi connectivity index (χ0n) is 11.4. The van der Waals surface area contributed by atoms with E-state index in [0.29, 0.717) is 16.7 Å². The molecule has 0 aliphatic carbocycles. The van der Waals surface area contributed by atoms with Gasteiger partial charge in [-0.25, -0.2) is 4.79 Å². The van der Waals surface area contributed by atoms with Gasteiger partial charge in [0.2, 0.25) is 0 Å². The van der Waals surface area contributed by atoms with Crippen LogP contribution >= 0.6 is 0 Å². The van der Waals surface area contributed by atoms with Gasteiger partial charge in [0.25, 0.3) is 0 Å². The molecule has 0 saturated heterocycles. The van der Waals surface area contributed by atoms with Gasteiger partial charge in [0.05, 0.1) is 7.11 Å². The molecule has 0 amide bonds. The number of phenols is 1. The SMILES string of the molecule is CCc1ccc2c(O)c(OC)cc(/C=C/C(=O)O)c2c1. The average Bonchev–Trinajstić information content (AvgIpc) is 2.46. The van der Waals surface area contributed by atoms with Crippen LogP contribution < -0.4 is 4.74 Å². The van der Waals surface area contributed by atoms with E-state index in [-0.39, 0.29) is 5.75 Å². The molecular formula is C16H16O4. The Morgan fingerprint density at radius 1 is 1.30 bits per heavy atom. The number of phenolic OH excluding ortho intramolecular Hbond substituents is 1. The van der Waals surface area contributed by atoms with Gasteiger partial charge in [0, 0.05) is 11.5 Å². The first-order valence-corrected chi connectivity index (χ1v) is 6.30. The average molecular weight is 272 g/mol. The van der Waals surface area contributed by atoms with Gasteiger partial charge in [0.15, 0.2) is 11.5 Å². The summed E-state index contributed by atoms with van der Waals surface area (Å²) in [4.78, 5) is 10.7. The minimum atomic E-state index is -1.02. The third-order valence-electron chi connectivity index (χ3n) is 3.20. The Balaban J connectivity index is 2.75. The highest BCUT2D eigenvalue weighted by atomic mass is 16.5. The van der Waals surface area contributed by atoms with Crippen LogP contribution in [0.3, 0.4) is 0 Å². The van der Waals surface area contributed by atoms with Gasteiger partial charge in [-0.2, -0.15) is 0 Å². The van der Waals surface area contributed by atoms with E-state index in [1.165, 1.54) is 13.2 Å². The van der Waals surface area contributed by atoms with E-state index < -0.39 is 5.97 Å². The summed E-state index contributed by atoms with van der Waals surface area (Å²) in [5.41, 5.74) is 1.82. The fraction of sp³-hybridized carbons (Fsp3) is 0.188. The lowest BCUT2D eigenvalue weighted by molar-refractivity contribution is -0.131. The van der Waals surface area contributed by atoms with Crippen LogP contribution in [0.5, 0.6) is 11.5 Å². The molecule has 0 unspecified atom stereocenters. The summed E-state index contributed by atoms with van der Waals surface area (Å²) in [7, 11) is 1.46. The zero-order chi connectivity index (χ0) is 14.7. The van der Waals surface area contributed by atoms with Crippen molar-refractivity contribution in [3.63, 3.8) is 0 Å². The Morgan fingerprint density at radius 3 is 2.65 bits per heavy atom. The monoisotopic (exact) mass is 272 g/mol. The molecule has 0 bridgehead atoms. The third-order valence-corrected chi connectivity index (χ3v) is 3.20. The van der Waals surface area contributed by atoms with E-state index in [1.54, 1.807) is 6.07 Å². The van der Waals surface area contributed by atoms with Gasteiger partial charge >= 0.3 is 5.97 Å². The molecule has 2 N–H and O–H groups in total. The van der Waals surface area contributed by atoms with Crippen LogP contribution in [-0.2, 0) is 11.2 Å². The van der Waals surface area contributed by atoms with Crippen LogP contribution in [0.2, 0.25) is 0 Å². The molecule has 2 rings (SSSR count). The first-order valence-electron chi connectivity index (χ1n) is 6.30. The maximum Gasteiger partial charge on any atom is 0.328 e. The number of aryl methyl sites for hydroxylation is 1. The van der Waals surface area contributed by atoms with E-state index in [2.05, 4.69) is 0 Å². The Kier molecular flexibility index (Phi) is 3.94. The van der Waals surface area contributed by atoms with E-state index in [9.17, 15) is 9.90 Å². The van der Waals surface area contributed by atoms with E-state index in [4.69, 9.17) is 9.84 Å². The fourth-order valence-electron chi connectivity index (χ4n) is 2.13. The molecular weight excluding hydrogens is 256 g/mol. The van der Waals surface area contributed by atoms with Crippen molar-refractivity contribution in [2.75, 3.05) is 7.11 Å². The number of methoxy groups -OCH3 is 1. The third kappa shape index (κ3) is 2.59. The molecule has 0 atom stereocenters. The topological polar surface area (TPSA) is 66.8 Å². The number of hydrogen-bond acceptors (Lipinski definition) is 3. The standard InChI is InChI=1S/C16H16O4/c1-3-10-4-6-12-13(8-10)11(5-7-15(17)18)9-14(20-2)16(12)19/h4-9,19H,3H2,1-2H3,(H,17,18)/b7-5+. The molecule has 0 heterocycles. The molecule has 0 aliphatic rings. The number of carbonyl (C=O) groups is 1. The van der Waals surface area contributed by atoms with Gasteiger partial charge in [-0.3, -0.25) is 0 Å². The lowest BCUT2D eigenvalue weighted by Gasteiger charge is -2.11. The summed E-state index contributed by atoms with van der Waals surface area (Å²) in [6, 6.07) is 7.35. The molecule has 0 aliphatic heterocycles. The lowest BCUT2D eigenvalue weighted by atomic mass is 9.99. The molecule has 4 nitrogen and oxygen atoms in total. The predicted octanol–water partition coefficient (Wildman–Crippen LogP) is 3.21. The molecule has 0 spiro atoms. The summed E-state index contributed by atoms with van der Waals surface area (Å²) in [5, 5.41) is 20.4. The van der Waals surface area contributed by atoms with Crippen molar-refractivity contribution in [2.24, 2.45) is 0 Å². The van der Waals surface area contributed by atoms with E-state index in [0.717, 1.165) is 23.4 Å². The first kappa shape index (κ1) is 13.9. The molecule has 0 saturated carbocycles. The van der Waals surface area contributed by atoms with Gasteiger partial charge < -0.3 is 14.9 Å². The van der Waals surface area contributed by atoms with Gasteiger partial charge in [-0.05, 0) is 35.1 Å².